The molecule has 3 aromatic carbocycles. The first-order chi connectivity index (χ1) is 14.5. The summed E-state index contributed by atoms with van der Waals surface area (Å²) in [6.07, 6.45) is 3.84. The number of esters is 1. The smallest absolute Gasteiger partial charge is 0.337 e. The van der Waals surface area contributed by atoms with Crippen molar-refractivity contribution in [2.24, 2.45) is 4.99 Å². The maximum atomic E-state index is 13.5. The summed E-state index contributed by atoms with van der Waals surface area (Å²) in [5.74, 6) is -0.587. The van der Waals surface area contributed by atoms with Gasteiger partial charge in [-0.2, -0.15) is 0 Å². The summed E-state index contributed by atoms with van der Waals surface area (Å²) in [7, 11) is 1.38. The van der Waals surface area contributed by atoms with Crippen LogP contribution in [0.25, 0.3) is 10.9 Å². The minimum Gasteiger partial charge on any atom is -0.465 e. The first-order valence-corrected chi connectivity index (χ1v) is 9.60. The lowest BCUT2D eigenvalue weighted by Gasteiger charge is -2.07. The number of benzene rings is 3. The number of fused-ring (bicyclic) bond motifs is 1. The number of carbonyl (C=O) groups is 1. The molecule has 0 unspecified atom stereocenters. The molecule has 4 nitrogen and oxygen atoms in total. The third kappa shape index (κ3) is 4.01. The molecule has 5 heteroatoms. The van der Waals surface area contributed by atoms with Gasteiger partial charge in [0.2, 0.25) is 0 Å². The largest absolute Gasteiger partial charge is 0.465 e. The Hall–Kier alpha value is -3.73. The number of hydrogen-bond donors (Lipinski definition) is 0. The van der Waals surface area contributed by atoms with E-state index >= 15 is 0 Å². The van der Waals surface area contributed by atoms with Crippen molar-refractivity contribution in [1.82, 2.24) is 4.57 Å². The van der Waals surface area contributed by atoms with Gasteiger partial charge in [0, 0.05) is 35.4 Å². The topological polar surface area (TPSA) is 43.6 Å². The lowest BCUT2D eigenvalue weighted by molar-refractivity contribution is 0.0600. The van der Waals surface area contributed by atoms with E-state index in [1.165, 1.54) is 13.2 Å². The number of carbonyl (C=O) groups excluding carboxylic acids is 1. The van der Waals surface area contributed by atoms with Crippen LogP contribution >= 0.6 is 0 Å². The fourth-order valence-corrected chi connectivity index (χ4v) is 3.47. The Kier molecular flexibility index (Phi) is 5.44. The Bertz CT molecular complexity index is 1260. The SMILES string of the molecule is COC(=O)c1cccc(Cn2cc(C=Nc3ccc(F)c(C)c3)c3ccccc32)c1. The zero-order valence-corrected chi connectivity index (χ0v) is 16.8. The van der Waals surface area contributed by atoms with Gasteiger partial charge in [0.15, 0.2) is 0 Å². The number of aryl methyl sites for hydroxylation is 1. The normalized spacial score (nSPS) is 11.3. The fourth-order valence-electron chi connectivity index (χ4n) is 3.47. The van der Waals surface area contributed by atoms with Crippen LogP contribution < -0.4 is 0 Å². The van der Waals surface area contributed by atoms with E-state index in [1.807, 2.05) is 42.6 Å². The lowest BCUT2D eigenvalue weighted by Crippen LogP contribution is -2.03. The van der Waals surface area contributed by atoms with Crippen molar-refractivity contribution in [2.45, 2.75) is 13.5 Å². The van der Waals surface area contributed by atoms with Gasteiger partial charge in [-0.05, 0) is 54.4 Å². The Morgan fingerprint density at radius 2 is 1.93 bits per heavy atom. The summed E-state index contributed by atoms with van der Waals surface area (Å²) in [6.45, 7) is 2.33. The van der Waals surface area contributed by atoms with Crippen molar-refractivity contribution >= 4 is 28.8 Å². The van der Waals surface area contributed by atoms with Crippen LogP contribution in [0.1, 0.15) is 27.0 Å². The van der Waals surface area contributed by atoms with Gasteiger partial charge in [-0.25, -0.2) is 9.18 Å². The summed E-state index contributed by atoms with van der Waals surface area (Å²) < 4.78 is 20.4. The molecule has 0 fully saturated rings. The fraction of sp³-hybridized carbons (Fsp3) is 0.120. The number of nitrogens with zero attached hydrogens (tertiary/aromatic N) is 2. The molecule has 0 radical (unpaired) electrons. The van der Waals surface area contributed by atoms with E-state index in [0.717, 1.165) is 22.0 Å². The molecule has 0 aliphatic carbocycles. The van der Waals surface area contributed by atoms with Crippen LogP contribution in [0, 0.1) is 12.7 Å². The second-order valence-corrected chi connectivity index (χ2v) is 7.11. The summed E-state index contributed by atoms with van der Waals surface area (Å²) in [6, 6.07) is 20.3. The van der Waals surface area contributed by atoms with E-state index in [4.69, 9.17) is 4.74 Å². The van der Waals surface area contributed by atoms with Crippen LogP contribution in [0.5, 0.6) is 0 Å². The third-order valence-corrected chi connectivity index (χ3v) is 5.01. The van der Waals surface area contributed by atoms with Crippen molar-refractivity contribution in [3.63, 3.8) is 0 Å². The highest BCUT2D eigenvalue weighted by molar-refractivity contribution is 6.00. The van der Waals surface area contributed by atoms with Crippen molar-refractivity contribution in [3.8, 4) is 0 Å². The predicted octanol–water partition coefficient (Wildman–Crippen LogP) is 5.67. The Morgan fingerprint density at radius 3 is 2.73 bits per heavy atom. The Balaban J connectivity index is 1.68. The van der Waals surface area contributed by atoms with E-state index in [2.05, 4.69) is 15.6 Å². The monoisotopic (exact) mass is 400 g/mol. The zero-order chi connectivity index (χ0) is 21.1. The van der Waals surface area contributed by atoms with Crippen molar-refractivity contribution in [3.05, 3.63) is 101 Å². The van der Waals surface area contributed by atoms with Gasteiger partial charge >= 0.3 is 5.97 Å². The van der Waals surface area contributed by atoms with Gasteiger partial charge in [0.1, 0.15) is 5.82 Å². The molecule has 4 rings (SSSR count). The Morgan fingerprint density at radius 1 is 1.10 bits per heavy atom. The third-order valence-electron chi connectivity index (χ3n) is 5.01. The molecule has 0 amide bonds. The molecular weight excluding hydrogens is 379 g/mol. The van der Waals surface area contributed by atoms with Crippen LogP contribution in [0.4, 0.5) is 10.1 Å². The van der Waals surface area contributed by atoms with Crippen LogP contribution in [-0.4, -0.2) is 23.9 Å². The maximum Gasteiger partial charge on any atom is 0.337 e. The number of rotatable bonds is 5. The summed E-state index contributed by atoms with van der Waals surface area (Å²) in [5, 5.41) is 1.07. The molecule has 1 aromatic heterocycles. The minimum absolute atomic E-state index is 0.236. The second kappa shape index (κ2) is 8.33. The molecule has 0 spiro atoms. The maximum absolute atomic E-state index is 13.5. The van der Waals surface area contributed by atoms with Crippen LogP contribution in [-0.2, 0) is 11.3 Å². The van der Waals surface area contributed by atoms with E-state index < -0.39 is 0 Å². The van der Waals surface area contributed by atoms with Crippen molar-refractivity contribution in [2.75, 3.05) is 7.11 Å². The van der Waals surface area contributed by atoms with Crippen LogP contribution in [0.3, 0.4) is 0 Å². The first kappa shape index (κ1) is 19.6. The number of methoxy groups -OCH3 is 1. The first-order valence-electron chi connectivity index (χ1n) is 9.60. The molecule has 4 aromatic rings. The zero-order valence-electron chi connectivity index (χ0n) is 16.8. The van der Waals surface area contributed by atoms with Crippen molar-refractivity contribution in [1.29, 1.82) is 0 Å². The average molecular weight is 400 g/mol. The van der Waals surface area contributed by atoms with Gasteiger partial charge in [-0.15, -0.1) is 0 Å². The minimum atomic E-state index is -0.350. The van der Waals surface area contributed by atoms with E-state index in [1.54, 1.807) is 31.3 Å². The molecule has 150 valence electrons. The molecule has 0 bridgehead atoms. The number of aromatic nitrogens is 1. The lowest BCUT2D eigenvalue weighted by atomic mass is 10.1. The number of halogens is 1. The number of para-hydroxylation sites is 1. The standard InChI is InChI=1S/C25H21FN2O2/c1-17-12-21(10-11-23(17)26)27-14-20-16-28(24-9-4-3-8-22(20)24)15-18-6-5-7-19(13-18)25(29)30-2/h3-14,16H,15H2,1-2H3. The van der Waals surface area contributed by atoms with E-state index in [-0.39, 0.29) is 11.8 Å². The van der Waals surface area contributed by atoms with Crippen molar-refractivity contribution < 1.29 is 13.9 Å². The highest BCUT2D eigenvalue weighted by atomic mass is 19.1. The molecule has 0 saturated carbocycles. The van der Waals surface area contributed by atoms with Gasteiger partial charge in [0.25, 0.3) is 0 Å². The molecule has 0 atom stereocenters. The molecule has 30 heavy (non-hydrogen) atoms. The number of hydrogen-bond acceptors (Lipinski definition) is 3. The summed E-state index contributed by atoms with van der Waals surface area (Å²) in [4.78, 5) is 16.4. The van der Waals surface area contributed by atoms with Crippen LogP contribution in [0.15, 0.2) is 77.9 Å². The molecule has 0 aliphatic heterocycles. The van der Waals surface area contributed by atoms with Gasteiger partial charge in [-0.3, -0.25) is 4.99 Å². The molecule has 0 saturated heterocycles. The molecule has 1 heterocycles. The van der Waals surface area contributed by atoms with Gasteiger partial charge in [0.05, 0.1) is 18.4 Å². The highest BCUT2D eigenvalue weighted by Crippen LogP contribution is 2.23. The second-order valence-electron chi connectivity index (χ2n) is 7.11. The van der Waals surface area contributed by atoms with E-state index in [9.17, 15) is 9.18 Å². The van der Waals surface area contributed by atoms with Crippen LogP contribution in [0.2, 0.25) is 0 Å². The average Bonchev–Trinajstić information content (AvgIpc) is 3.11. The molecular formula is C25H21FN2O2. The highest BCUT2D eigenvalue weighted by Gasteiger charge is 2.10. The number of ether oxygens (including phenoxy) is 1. The molecule has 0 aliphatic rings. The van der Waals surface area contributed by atoms with Gasteiger partial charge < -0.3 is 9.30 Å². The van der Waals surface area contributed by atoms with Gasteiger partial charge in [-0.1, -0.05) is 30.3 Å². The quantitative estimate of drug-likeness (QED) is 0.320. The predicted molar refractivity (Wildman–Crippen MR) is 117 cm³/mol. The van der Waals surface area contributed by atoms with E-state index in [0.29, 0.717) is 23.4 Å². The summed E-state index contributed by atoms with van der Waals surface area (Å²) in [5.41, 5.74) is 4.83. The summed E-state index contributed by atoms with van der Waals surface area (Å²) >= 11 is 0. The Labute approximate surface area is 174 Å². The number of aliphatic imine (C=N–C) groups is 1. The molecule has 0 N–H and O–H groups in total.